The maximum atomic E-state index is 13.1. The SMILES string of the molecule is CCOc1cc(NC2CCN(S(=O)(=O)C(F)(F)F)CC2)c2cc(C(c3ccc(Cl)cc3)c3ccc(Cl)cc3)ccc2n1. The summed E-state index contributed by atoms with van der Waals surface area (Å²) < 4.78 is 69.1. The molecule has 1 aliphatic heterocycles. The molecule has 3 aromatic carbocycles. The first-order valence-electron chi connectivity index (χ1n) is 13.4. The third-order valence-corrected chi connectivity index (χ3v) is 9.42. The van der Waals surface area contributed by atoms with E-state index in [1.54, 1.807) is 6.07 Å². The summed E-state index contributed by atoms with van der Waals surface area (Å²) in [4.78, 5) is 4.65. The van der Waals surface area contributed by atoms with Crippen LogP contribution in [0.1, 0.15) is 42.4 Å². The number of alkyl halides is 3. The number of piperidine rings is 1. The predicted octanol–water partition coefficient (Wildman–Crippen LogP) is 7.85. The van der Waals surface area contributed by atoms with Crippen LogP contribution in [-0.4, -0.2) is 49.0 Å². The van der Waals surface area contributed by atoms with Gasteiger partial charge < -0.3 is 10.1 Å². The Hall–Kier alpha value is -3.05. The molecule has 0 amide bonds. The monoisotopic (exact) mass is 637 g/mol. The van der Waals surface area contributed by atoms with Crippen molar-refractivity contribution in [3.63, 3.8) is 0 Å². The zero-order valence-corrected chi connectivity index (χ0v) is 24.9. The van der Waals surface area contributed by atoms with Gasteiger partial charge in [-0.15, -0.1) is 0 Å². The zero-order valence-electron chi connectivity index (χ0n) is 22.5. The van der Waals surface area contributed by atoms with Crippen molar-refractivity contribution in [2.45, 2.75) is 37.2 Å². The highest BCUT2D eigenvalue weighted by Gasteiger charge is 2.50. The number of aromatic nitrogens is 1. The Labute approximate surface area is 252 Å². The molecule has 0 aliphatic carbocycles. The number of hydrogen-bond donors (Lipinski definition) is 1. The van der Waals surface area contributed by atoms with Crippen LogP contribution in [0.2, 0.25) is 10.0 Å². The molecule has 1 aromatic heterocycles. The molecular formula is C30H28Cl2F3N3O3S. The van der Waals surface area contributed by atoms with E-state index < -0.39 is 15.5 Å². The topological polar surface area (TPSA) is 71.5 Å². The maximum Gasteiger partial charge on any atom is 0.511 e. The van der Waals surface area contributed by atoms with E-state index in [1.165, 1.54) is 0 Å². The molecule has 6 nitrogen and oxygen atoms in total. The number of benzene rings is 3. The Kier molecular flexibility index (Phi) is 8.89. The minimum Gasteiger partial charge on any atom is -0.478 e. The van der Waals surface area contributed by atoms with Crippen LogP contribution in [0.15, 0.2) is 72.8 Å². The number of sulfonamides is 1. The predicted molar refractivity (Wildman–Crippen MR) is 160 cm³/mol. The van der Waals surface area contributed by atoms with Crippen LogP contribution in [0, 0.1) is 0 Å². The fourth-order valence-corrected chi connectivity index (χ4v) is 6.47. The van der Waals surface area contributed by atoms with Crippen LogP contribution in [0.4, 0.5) is 18.9 Å². The summed E-state index contributed by atoms with van der Waals surface area (Å²) in [5, 5.41) is 5.49. The molecule has 1 N–H and O–H groups in total. The number of nitrogens with one attached hydrogen (secondary N) is 1. The van der Waals surface area contributed by atoms with Crippen molar-refractivity contribution in [3.05, 3.63) is 99.5 Å². The Morgan fingerprint density at radius 1 is 0.929 bits per heavy atom. The van der Waals surface area contributed by atoms with Crippen LogP contribution in [0.25, 0.3) is 10.9 Å². The van der Waals surface area contributed by atoms with E-state index in [0.29, 0.717) is 38.0 Å². The number of hydrogen-bond acceptors (Lipinski definition) is 5. The van der Waals surface area contributed by atoms with Crippen molar-refractivity contribution in [2.75, 3.05) is 25.0 Å². The molecule has 222 valence electrons. The van der Waals surface area contributed by atoms with Crippen LogP contribution < -0.4 is 10.1 Å². The molecule has 42 heavy (non-hydrogen) atoms. The molecule has 2 heterocycles. The molecule has 1 aliphatic rings. The van der Waals surface area contributed by atoms with Gasteiger partial charge in [-0.3, -0.25) is 0 Å². The molecule has 5 rings (SSSR count). The molecule has 0 atom stereocenters. The van der Waals surface area contributed by atoms with E-state index in [2.05, 4.69) is 10.3 Å². The van der Waals surface area contributed by atoms with Crippen LogP contribution in [-0.2, 0) is 10.0 Å². The van der Waals surface area contributed by atoms with Crippen LogP contribution >= 0.6 is 23.2 Å². The highest BCUT2D eigenvalue weighted by Crippen LogP contribution is 2.37. The second-order valence-electron chi connectivity index (χ2n) is 10.0. The van der Waals surface area contributed by atoms with E-state index in [0.717, 1.165) is 22.1 Å². The molecule has 0 saturated carbocycles. The third-order valence-electron chi connectivity index (χ3n) is 7.29. The second-order valence-corrected chi connectivity index (χ2v) is 12.8. The Balaban J connectivity index is 1.51. The van der Waals surface area contributed by atoms with Gasteiger partial charge in [0.05, 0.1) is 12.1 Å². The van der Waals surface area contributed by atoms with Gasteiger partial charge in [0, 0.05) is 52.2 Å². The third kappa shape index (κ3) is 6.46. The van der Waals surface area contributed by atoms with Gasteiger partial charge in [-0.25, -0.2) is 13.4 Å². The maximum absolute atomic E-state index is 13.1. The van der Waals surface area contributed by atoms with E-state index in [9.17, 15) is 21.6 Å². The molecule has 1 fully saturated rings. The number of rotatable bonds is 8. The molecule has 1 saturated heterocycles. The van der Waals surface area contributed by atoms with E-state index in [-0.39, 0.29) is 37.9 Å². The standard InChI is InChI=1S/C30H28Cl2F3N3O3S/c1-2-41-28-18-27(36-24-13-15-38(16-14-24)42(39,40)30(33,34)35)25-17-21(7-12-26(25)37-28)29(19-3-8-22(31)9-4-19)20-5-10-23(32)11-6-20/h3-12,17-18,24,29H,2,13-16H2,1H3,(H,36,37). The first-order valence-corrected chi connectivity index (χ1v) is 15.6. The fourth-order valence-electron chi connectivity index (χ4n) is 5.23. The summed E-state index contributed by atoms with van der Waals surface area (Å²) in [6.07, 6.45) is 0.419. The summed E-state index contributed by atoms with van der Waals surface area (Å²) in [5.74, 6) is 0.253. The Bertz CT molecular complexity index is 1610. The van der Waals surface area contributed by atoms with Gasteiger partial charge in [0.15, 0.2) is 0 Å². The summed E-state index contributed by atoms with van der Waals surface area (Å²) in [5.41, 5.74) is -0.918. The molecular weight excluding hydrogens is 610 g/mol. The number of nitrogens with zero attached hydrogens (tertiary/aromatic N) is 2. The number of anilines is 1. The van der Waals surface area contributed by atoms with Crippen molar-refractivity contribution in [2.24, 2.45) is 0 Å². The summed E-state index contributed by atoms with van der Waals surface area (Å²) >= 11 is 12.4. The number of fused-ring (bicyclic) bond motifs is 1. The van der Waals surface area contributed by atoms with Gasteiger partial charge in [0.2, 0.25) is 5.88 Å². The lowest BCUT2D eigenvalue weighted by Crippen LogP contribution is -2.47. The average molecular weight is 639 g/mol. The molecule has 0 bridgehead atoms. The van der Waals surface area contributed by atoms with E-state index in [4.69, 9.17) is 27.9 Å². The Morgan fingerprint density at radius 3 is 2.00 bits per heavy atom. The van der Waals surface area contributed by atoms with Crippen molar-refractivity contribution < 1.29 is 26.3 Å². The highest BCUT2D eigenvalue weighted by molar-refractivity contribution is 7.90. The Morgan fingerprint density at radius 2 is 1.48 bits per heavy atom. The van der Waals surface area contributed by atoms with Crippen LogP contribution in [0.5, 0.6) is 5.88 Å². The van der Waals surface area contributed by atoms with Crippen LogP contribution in [0.3, 0.4) is 0 Å². The largest absolute Gasteiger partial charge is 0.511 e. The smallest absolute Gasteiger partial charge is 0.478 e. The minimum atomic E-state index is -5.36. The molecule has 0 radical (unpaired) electrons. The lowest BCUT2D eigenvalue weighted by atomic mass is 9.84. The van der Waals surface area contributed by atoms with Gasteiger partial charge in [-0.05, 0) is 72.9 Å². The summed E-state index contributed by atoms with van der Waals surface area (Å²) in [6, 6.07) is 22.7. The first-order chi connectivity index (χ1) is 20.0. The number of pyridine rings is 1. The van der Waals surface area contributed by atoms with Crippen molar-refractivity contribution in [3.8, 4) is 5.88 Å². The molecule has 12 heteroatoms. The van der Waals surface area contributed by atoms with Gasteiger partial charge in [-0.1, -0.05) is 53.5 Å². The summed E-state index contributed by atoms with van der Waals surface area (Å²) in [7, 11) is -5.36. The van der Waals surface area contributed by atoms with Crippen molar-refractivity contribution >= 4 is 49.8 Å². The first kappa shape index (κ1) is 30.4. The van der Waals surface area contributed by atoms with Crippen molar-refractivity contribution in [1.29, 1.82) is 0 Å². The highest BCUT2D eigenvalue weighted by atomic mass is 35.5. The van der Waals surface area contributed by atoms with E-state index in [1.807, 2.05) is 73.7 Å². The minimum absolute atomic E-state index is 0.154. The number of ether oxygens (including phenoxy) is 1. The zero-order chi connectivity index (χ0) is 30.1. The van der Waals surface area contributed by atoms with Gasteiger partial charge >= 0.3 is 15.5 Å². The quantitative estimate of drug-likeness (QED) is 0.199. The van der Waals surface area contributed by atoms with Gasteiger partial charge in [0.25, 0.3) is 0 Å². The van der Waals surface area contributed by atoms with E-state index >= 15 is 0 Å². The summed E-state index contributed by atoms with van der Waals surface area (Å²) in [6.45, 7) is 1.78. The van der Waals surface area contributed by atoms with Gasteiger partial charge in [-0.2, -0.15) is 17.5 Å². The van der Waals surface area contributed by atoms with Gasteiger partial charge in [0.1, 0.15) is 0 Å². The lowest BCUT2D eigenvalue weighted by molar-refractivity contribution is -0.0494. The molecule has 0 spiro atoms. The fraction of sp³-hybridized carbons (Fsp3) is 0.300. The normalized spacial score (nSPS) is 15.3. The second kappa shape index (κ2) is 12.3. The lowest BCUT2D eigenvalue weighted by Gasteiger charge is -2.32. The molecule has 0 unspecified atom stereocenters. The molecule has 4 aromatic rings. The number of halogens is 5. The van der Waals surface area contributed by atoms with Crippen molar-refractivity contribution in [1.82, 2.24) is 9.29 Å². The average Bonchev–Trinajstić information content (AvgIpc) is 2.95.